The molecule has 162 valence electrons. The van der Waals surface area contributed by atoms with Gasteiger partial charge in [0.2, 0.25) is 5.91 Å². The lowest BCUT2D eigenvalue weighted by molar-refractivity contribution is -0.121. The Morgan fingerprint density at radius 3 is 2.30 bits per heavy atom. The number of ether oxygens (including phenoxy) is 1. The fraction of sp³-hybridized carbons (Fsp3) is 0.542. The monoisotopic (exact) mass is 427 g/mol. The number of methoxy groups -OCH3 is 1. The molecule has 1 amide bonds. The van der Waals surface area contributed by atoms with Crippen LogP contribution < -0.4 is 10.1 Å². The molecule has 1 saturated carbocycles. The molecule has 2 aromatic rings. The van der Waals surface area contributed by atoms with Crippen LogP contribution in [0.15, 0.2) is 29.4 Å². The minimum Gasteiger partial charge on any atom is -0.497 e. The lowest BCUT2D eigenvalue weighted by Gasteiger charge is -2.38. The molecule has 0 bridgehead atoms. The molecule has 1 aliphatic carbocycles. The van der Waals surface area contributed by atoms with Crippen molar-refractivity contribution in [1.82, 2.24) is 15.3 Å². The van der Waals surface area contributed by atoms with Gasteiger partial charge in [-0.2, -0.15) is 0 Å². The molecule has 5 nitrogen and oxygen atoms in total. The van der Waals surface area contributed by atoms with E-state index in [1.54, 1.807) is 18.9 Å². The first-order valence-corrected chi connectivity index (χ1v) is 12.0. The predicted molar refractivity (Wildman–Crippen MR) is 122 cm³/mol. The van der Waals surface area contributed by atoms with Crippen LogP contribution in [0.1, 0.15) is 61.0 Å². The topological polar surface area (TPSA) is 64.1 Å². The van der Waals surface area contributed by atoms with Gasteiger partial charge in [-0.05, 0) is 62.6 Å². The highest BCUT2D eigenvalue weighted by atomic mass is 32.2. The summed E-state index contributed by atoms with van der Waals surface area (Å²) in [5.74, 6) is 0.968. The van der Waals surface area contributed by atoms with E-state index in [1.807, 2.05) is 32.2 Å². The van der Waals surface area contributed by atoms with Gasteiger partial charge >= 0.3 is 0 Å². The minimum absolute atomic E-state index is 0.0229. The van der Waals surface area contributed by atoms with Gasteiger partial charge in [0, 0.05) is 29.8 Å². The van der Waals surface area contributed by atoms with Gasteiger partial charge in [0.1, 0.15) is 5.75 Å². The average Bonchev–Trinajstić information content (AvgIpc) is 2.77. The van der Waals surface area contributed by atoms with E-state index in [1.165, 1.54) is 24.8 Å². The van der Waals surface area contributed by atoms with Crippen LogP contribution in [0.5, 0.6) is 5.75 Å². The molecule has 1 heterocycles. The van der Waals surface area contributed by atoms with Crippen LogP contribution in [0.2, 0.25) is 0 Å². The molecule has 3 rings (SSSR count). The van der Waals surface area contributed by atoms with Crippen molar-refractivity contribution in [2.75, 3.05) is 19.9 Å². The highest BCUT2D eigenvalue weighted by molar-refractivity contribution is 7.98. The third-order valence-corrected chi connectivity index (χ3v) is 6.87. The lowest BCUT2D eigenvalue weighted by Crippen LogP contribution is -2.42. The molecule has 30 heavy (non-hydrogen) atoms. The summed E-state index contributed by atoms with van der Waals surface area (Å²) in [4.78, 5) is 21.8. The van der Waals surface area contributed by atoms with Gasteiger partial charge in [0.25, 0.3) is 0 Å². The fourth-order valence-corrected chi connectivity index (χ4v) is 4.95. The van der Waals surface area contributed by atoms with Crippen molar-refractivity contribution in [3.05, 3.63) is 46.8 Å². The summed E-state index contributed by atoms with van der Waals surface area (Å²) in [5.41, 5.74) is 4.36. The quantitative estimate of drug-likeness (QED) is 0.485. The Balaban J connectivity index is 1.64. The molecule has 1 fully saturated rings. The maximum absolute atomic E-state index is 12.7. The normalized spacial score (nSPS) is 15.6. The molecule has 1 aromatic heterocycles. The van der Waals surface area contributed by atoms with Gasteiger partial charge in [-0.25, -0.2) is 9.97 Å². The number of amides is 1. The smallest absolute Gasteiger partial charge is 0.220 e. The summed E-state index contributed by atoms with van der Waals surface area (Å²) in [7, 11) is 1.69. The van der Waals surface area contributed by atoms with E-state index in [-0.39, 0.29) is 11.3 Å². The summed E-state index contributed by atoms with van der Waals surface area (Å²) < 4.78 is 5.31. The van der Waals surface area contributed by atoms with Crippen molar-refractivity contribution in [2.45, 2.75) is 69.4 Å². The molecule has 0 unspecified atom stereocenters. The number of aromatic nitrogens is 2. The van der Waals surface area contributed by atoms with Crippen LogP contribution in [-0.2, 0) is 16.6 Å². The Bertz CT molecular complexity index is 838. The molecule has 0 saturated heterocycles. The highest BCUT2D eigenvalue weighted by Crippen LogP contribution is 2.39. The van der Waals surface area contributed by atoms with Crippen LogP contribution in [0.3, 0.4) is 0 Å². The van der Waals surface area contributed by atoms with E-state index in [0.29, 0.717) is 19.4 Å². The van der Waals surface area contributed by atoms with Crippen LogP contribution in [0.4, 0.5) is 0 Å². The first kappa shape index (κ1) is 22.6. The molecule has 0 radical (unpaired) electrons. The number of carbonyl (C=O) groups is 1. The van der Waals surface area contributed by atoms with E-state index >= 15 is 0 Å². The largest absolute Gasteiger partial charge is 0.497 e. The van der Waals surface area contributed by atoms with E-state index in [9.17, 15) is 4.79 Å². The highest BCUT2D eigenvalue weighted by Gasteiger charge is 2.34. The van der Waals surface area contributed by atoms with Crippen LogP contribution >= 0.6 is 11.8 Å². The zero-order valence-corrected chi connectivity index (χ0v) is 19.4. The molecule has 1 N–H and O–H groups in total. The number of carbonyl (C=O) groups excluding carboxylic acids is 1. The zero-order valence-electron chi connectivity index (χ0n) is 18.6. The third-order valence-electron chi connectivity index (χ3n) is 6.32. The third kappa shape index (κ3) is 5.34. The van der Waals surface area contributed by atoms with Gasteiger partial charge in [0.15, 0.2) is 5.16 Å². The Hall–Kier alpha value is -2.08. The summed E-state index contributed by atoms with van der Waals surface area (Å²) in [5, 5.41) is 4.03. The van der Waals surface area contributed by atoms with Crippen molar-refractivity contribution in [3.8, 4) is 5.75 Å². The lowest BCUT2D eigenvalue weighted by atomic mass is 9.69. The van der Waals surface area contributed by atoms with E-state index in [0.717, 1.165) is 40.7 Å². The molecule has 0 spiro atoms. The fourth-order valence-electron chi connectivity index (χ4n) is 4.50. The Kier molecular flexibility index (Phi) is 7.75. The number of thioether (sulfide) groups is 1. The van der Waals surface area contributed by atoms with Crippen molar-refractivity contribution in [3.63, 3.8) is 0 Å². The number of nitrogens with one attached hydrogen (secondary N) is 1. The van der Waals surface area contributed by atoms with Crippen LogP contribution in [-0.4, -0.2) is 35.8 Å². The van der Waals surface area contributed by atoms with Gasteiger partial charge < -0.3 is 10.1 Å². The standard InChI is InChI=1S/C24H33N3O2S/c1-17-21(18(2)27-23(26-17)30-4)12-13-22(28)25-16-24(14-6-5-7-15-24)19-8-10-20(29-3)11-9-19/h8-11H,5-7,12-16H2,1-4H3,(H,25,28). The minimum atomic E-state index is 0.0229. The number of nitrogens with zero attached hydrogens (tertiary/aromatic N) is 2. The number of rotatable bonds is 8. The SMILES string of the molecule is COc1ccc(C2(CNC(=O)CCc3c(C)nc(SC)nc3C)CCCCC2)cc1. The molecule has 0 aliphatic heterocycles. The zero-order chi connectivity index (χ0) is 21.6. The average molecular weight is 428 g/mol. The van der Waals surface area contributed by atoms with E-state index in [2.05, 4.69) is 27.4 Å². The maximum atomic E-state index is 12.7. The Morgan fingerprint density at radius 2 is 1.73 bits per heavy atom. The number of aryl methyl sites for hydroxylation is 2. The van der Waals surface area contributed by atoms with Crippen LogP contribution in [0.25, 0.3) is 0 Å². The number of benzene rings is 1. The molecule has 1 aromatic carbocycles. The molecule has 0 atom stereocenters. The number of hydrogen-bond donors (Lipinski definition) is 1. The molecular formula is C24H33N3O2S. The molecule has 1 aliphatic rings. The first-order chi connectivity index (χ1) is 14.5. The maximum Gasteiger partial charge on any atom is 0.220 e. The van der Waals surface area contributed by atoms with Crippen molar-refractivity contribution >= 4 is 17.7 Å². The van der Waals surface area contributed by atoms with Gasteiger partial charge in [-0.1, -0.05) is 43.2 Å². The Morgan fingerprint density at radius 1 is 1.10 bits per heavy atom. The molecule has 6 heteroatoms. The summed E-state index contributed by atoms with van der Waals surface area (Å²) in [6.07, 6.45) is 9.03. The van der Waals surface area contributed by atoms with Crippen molar-refractivity contribution in [2.24, 2.45) is 0 Å². The van der Waals surface area contributed by atoms with Gasteiger partial charge in [-0.15, -0.1) is 0 Å². The Labute approximate surface area is 184 Å². The second kappa shape index (κ2) is 10.3. The van der Waals surface area contributed by atoms with E-state index < -0.39 is 0 Å². The summed E-state index contributed by atoms with van der Waals surface area (Å²) >= 11 is 1.54. The van der Waals surface area contributed by atoms with Gasteiger partial charge in [-0.3, -0.25) is 4.79 Å². The first-order valence-electron chi connectivity index (χ1n) is 10.8. The second-order valence-corrected chi connectivity index (χ2v) is 8.98. The van der Waals surface area contributed by atoms with Gasteiger partial charge in [0.05, 0.1) is 7.11 Å². The van der Waals surface area contributed by atoms with E-state index in [4.69, 9.17) is 4.74 Å². The summed E-state index contributed by atoms with van der Waals surface area (Å²) in [6, 6.07) is 8.37. The van der Waals surface area contributed by atoms with Crippen molar-refractivity contribution in [1.29, 1.82) is 0 Å². The predicted octanol–water partition coefficient (Wildman–Crippen LogP) is 4.77. The van der Waals surface area contributed by atoms with Crippen LogP contribution in [0, 0.1) is 13.8 Å². The molecular weight excluding hydrogens is 394 g/mol. The summed E-state index contributed by atoms with van der Waals surface area (Å²) in [6.45, 7) is 4.70. The van der Waals surface area contributed by atoms with Crippen molar-refractivity contribution < 1.29 is 9.53 Å². The number of hydrogen-bond acceptors (Lipinski definition) is 5. The second-order valence-electron chi connectivity index (χ2n) is 8.21.